The number of carbonyl (C=O) groups is 2. The van der Waals surface area contributed by atoms with Gasteiger partial charge in [0, 0.05) is 31.3 Å². The molecule has 0 saturated carbocycles. The van der Waals surface area contributed by atoms with E-state index in [0.717, 1.165) is 5.56 Å². The van der Waals surface area contributed by atoms with Crippen molar-refractivity contribution in [2.24, 2.45) is 0 Å². The maximum atomic E-state index is 13.1. The molecule has 0 aliphatic rings. The van der Waals surface area contributed by atoms with Gasteiger partial charge in [-0.15, -0.1) is 0 Å². The maximum Gasteiger partial charge on any atom is 0.261 e. The highest BCUT2D eigenvalue weighted by Crippen LogP contribution is 2.27. The fourth-order valence-corrected chi connectivity index (χ4v) is 2.96. The zero-order chi connectivity index (χ0) is 22.8. The topological polar surface area (TPSA) is 86.3 Å². The number of ether oxygens (including phenoxy) is 4. The summed E-state index contributed by atoms with van der Waals surface area (Å²) in [6.45, 7) is 3.99. The molecule has 0 bridgehead atoms. The zero-order valence-electron chi connectivity index (χ0n) is 18.6. The van der Waals surface area contributed by atoms with Crippen LogP contribution in [0.25, 0.3) is 0 Å². The van der Waals surface area contributed by atoms with Crippen molar-refractivity contribution in [3.05, 3.63) is 48.0 Å². The van der Waals surface area contributed by atoms with Crippen LogP contribution in [0, 0.1) is 0 Å². The van der Waals surface area contributed by atoms with Gasteiger partial charge in [0.25, 0.3) is 5.91 Å². The highest BCUT2D eigenvalue weighted by Gasteiger charge is 2.26. The third-order valence-corrected chi connectivity index (χ3v) is 4.69. The quantitative estimate of drug-likeness (QED) is 0.590. The first-order valence-electron chi connectivity index (χ1n) is 9.97. The van der Waals surface area contributed by atoms with E-state index in [1.54, 1.807) is 32.2 Å². The summed E-state index contributed by atoms with van der Waals surface area (Å²) in [7, 11) is 4.65. The number of benzene rings is 2. The van der Waals surface area contributed by atoms with Crippen LogP contribution in [-0.2, 0) is 16.1 Å². The van der Waals surface area contributed by atoms with E-state index in [4.69, 9.17) is 18.9 Å². The summed E-state index contributed by atoms with van der Waals surface area (Å²) in [5.41, 5.74) is 0.840. The molecule has 8 nitrogen and oxygen atoms in total. The average molecular weight is 431 g/mol. The van der Waals surface area contributed by atoms with Gasteiger partial charge in [-0.2, -0.15) is 0 Å². The molecule has 0 fully saturated rings. The third-order valence-electron chi connectivity index (χ3n) is 4.69. The molecule has 2 rings (SSSR count). The molecule has 0 heterocycles. The molecular weight excluding hydrogens is 400 g/mol. The van der Waals surface area contributed by atoms with Crippen LogP contribution in [0.2, 0.25) is 0 Å². The first-order chi connectivity index (χ1) is 14.9. The Hall–Kier alpha value is -3.42. The molecule has 0 aliphatic carbocycles. The van der Waals surface area contributed by atoms with Gasteiger partial charge in [0.1, 0.15) is 29.0 Å². The Labute approximate surface area is 183 Å². The van der Waals surface area contributed by atoms with Gasteiger partial charge in [-0.1, -0.05) is 12.1 Å². The minimum absolute atomic E-state index is 0.234. The second kappa shape index (κ2) is 11.7. The molecule has 0 aliphatic heterocycles. The molecule has 2 aromatic rings. The van der Waals surface area contributed by atoms with Crippen LogP contribution in [0.4, 0.5) is 0 Å². The van der Waals surface area contributed by atoms with Crippen LogP contribution in [0.5, 0.6) is 23.0 Å². The molecule has 168 valence electrons. The Morgan fingerprint density at radius 3 is 2.13 bits per heavy atom. The second-order valence-electron chi connectivity index (χ2n) is 6.78. The van der Waals surface area contributed by atoms with Gasteiger partial charge in [-0.05, 0) is 31.5 Å². The first kappa shape index (κ1) is 23.9. The minimum atomic E-state index is -0.679. The van der Waals surface area contributed by atoms with Crippen LogP contribution in [0.3, 0.4) is 0 Å². The molecule has 1 atom stereocenters. The van der Waals surface area contributed by atoms with Gasteiger partial charge in [0.15, 0.2) is 6.61 Å². The van der Waals surface area contributed by atoms with Crippen molar-refractivity contribution in [3.63, 3.8) is 0 Å². The van der Waals surface area contributed by atoms with Crippen LogP contribution >= 0.6 is 0 Å². The third kappa shape index (κ3) is 6.80. The molecule has 1 unspecified atom stereocenters. The van der Waals surface area contributed by atoms with Crippen LogP contribution in [0.1, 0.15) is 19.4 Å². The van der Waals surface area contributed by atoms with Crippen molar-refractivity contribution in [1.82, 2.24) is 10.2 Å². The lowest BCUT2D eigenvalue weighted by Crippen LogP contribution is -2.49. The normalized spacial score (nSPS) is 11.3. The second-order valence-corrected chi connectivity index (χ2v) is 6.78. The lowest BCUT2D eigenvalue weighted by Gasteiger charge is -2.28. The molecule has 2 amide bonds. The summed E-state index contributed by atoms with van der Waals surface area (Å²) in [4.78, 5) is 27.0. The summed E-state index contributed by atoms with van der Waals surface area (Å²) in [6.07, 6.45) is 0. The van der Waals surface area contributed by atoms with E-state index in [2.05, 4.69) is 5.32 Å². The van der Waals surface area contributed by atoms with Crippen LogP contribution in [0.15, 0.2) is 42.5 Å². The number of amides is 2. The molecule has 1 N–H and O–H groups in total. The fourth-order valence-electron chi connectivity index (χ4n) is 2.96. The van der Waals surface area contributed by atoms with Gasteiger partial charge in [0.05, 0.1) is 21.3 Å². The molecule has 0 radical (unpaired) electrons. The molecule has 31 heavy (non-hydrogen) atoms. The zero-order valence-corrected chi connectivity index (χ0v) is 18.6. The van der Waals surface area contributed by atoms with Crippen molar-refractivity contribution in [1.29, 1.82) is 0 Å². The molecule has 0 saturated heterocycles. The number of hydrogen-bond donors (Lipinski definition) is 1. The Morgan fingerprint density at radius 1 is 0.935 bits per heavy atom. The number of nitrogens with zero attached hydrogens (tertiary/aromatic N) is 1. The summed E-state index contributed by atoms with van der Waals surface area (Å²) in [5, 5.41) is 2.76. The van der Waals surface area contributed by atoms with Crippen LogP contribution < -0.4 is 24.3 Å². The smallest absolute Gasteiger partial charge is 0.261 e. The number of likely N-dealkylation sites (N-methyl/N-ethyl adjacent to an activating group) is 1. The lowest BCUT2D eigenvalue weighted by molar-refractivity contribution is -0.142. The predicted octanol–water partition coefficient (Wildman–Crippen LogP) is 2.64. The van der Waals surface area contributed by atoms with Crippen molar-refractivity contribution < 1.29 is 28.5 Å². The summed E-state index contributed by atoms with van der Waals surface area (Å²) >= 11 is 0. The van der Waals surface area contributed by atoms with Crippen LogP contribution in [-0.4, -0.2) is 57.2 Å². The van der Waals surface area contributed by atoms with E-state index in [1.165, 1.54) is 19.1 Å². The van der Waals surface area contributed by atoms with E-state index >= 15 is 0 Å². The lowest BCUT2D eigenvalue weighted by atomic mass is 10.1. The summed E-state index contributed by atoms with van der Waals surface area (Å²) in [6, 6.07) is 11.7. The van der Waals surface area contributed by atoms with Crippen molar-refractivity contribution in [2.45, 2.75) is 26.4 Å². The van der Waals surface area contributed by atoms with E-state index < -0.39 is 6.04 Å². The number of hydrogen-bond acceptors (Lipinski definition) is 6. The Bertz CT molecular complexity index is 864. The van der Waals surface area contributed by atoms with Gasteiger partial charge in [0.2, 0.25) is 5.91 Å². The molecule has 8 heteroatoms. The van der Waals surface area contributed by atoms with E-state index in [0.29, 0.717) is 29.5 Å². The first-order valence-corrected chi connectivity index (χ1v) is 9.97. The van der Waals surface area contributed by atoms with Gasteiger partial charge >= 0.3 is 0 Å². The maximum absolute atomic E-state index is 13.1. The van der Waals surface area contributed by atoms with Gasteiger partial charge in [-0.3, -0.25) is 9.59 Å². The largest absolute Gasteiger partial charge is 0.497 e. The average Bonchev–Trinajstić information content (AvgIpc) is 2.80. The Morgan fingerprint density at radius 2 is 1.55 bits per heavy atom. The Balaban J connectivity index is 2.20. The van der Waals surface area contributed by atoms with E-state index in [-0.39, 0.29) is 25.0 Å². The predicted molar refractivity (Wildman–Crippen MR) is 117 cm³/mol. The van der Waals surface area contributed by atoms with E-state index in [1.807, 2.05) is 31.2 Å². The number of methoxy groups -OCH3 is 3. The van der Waals surface area contributed by atoms with Crippen molar-refractivity contribution in [2.75, 3.05) is 34.5 Å². The highest BCUT2D eigenvalue weighted by molar-refractivity contribution is 5.87. The SMILES string of the molecule is CCNC(=O)C(C)N(Cc1cccc(OC)c1)C(=O)COc1cc(OC)cc(OC)c1. The van der Waals surface area contributed by atoms with Gasteiger partial charge < -0.3 is 29.2 Å². The molecular formula is C23H30N2O6. The molecule has 0 spiro atoms. The number of nitrogens with one attached hydrogen (secondary N) is 1. The molecule has 2 aromatic carbocycles. The summed E-state index contributed by atoms with van der Waals surface area (Å²) < 4.78 is 21.4. The fraction of sp³-hybridized carbons (Fsp3) is 0.391. The monoisotopic (exact) mass is 430 g/mol. The van der Waals surface area contributed by atoms with Crippen molar-refractivity contribution >= 4 is 11.8 Å². The van der Waals surface area contributed by atoms with Crippen molar-refractivity contribution in [3.8, 4) is 23.0 Å². The number of rotatable bonds is 11. The van der Waals surface area contributed by atoms with E-state index in [9.17, 15) is 9.59 Å². The minimum Gasteiger partial charge on any atom is -0.497 e. The summed E-state index contributed by atoms with van der Waals surface area (Å²) in [5.74, 6) is 1.63. The molecule has 0 aromatic heterocycles. The Kier molecular flexibility index (Phi) is 8.99. The highest BCUT2D eigenvalue weighted by atomic mass is 16.5. The van der Waals surface area contributed by atoms with Gasteiger partial charge in [-0.25, -0.2) is 0 Å². The number of carbonyl (C=O) groups excluding carboxylic acids is 2. The standard InChI is InChI=1S/C23H30N2O6/c1-6-24-23(27)16(2)25(14-17-8-7-9-18(10-17)28-3)22(26)15-31-21-12-19(29-4)11-20(13-21)30-5/h7-13,16H,6,14-15H2,1-5H3,(H,24,27).